The van der Waals surface area contributed by atoms with Gasteiger partial charge in [-0.3, -0.25) is 9.59 Å². The number of aromatic nitrogens is 1. The van der Waals surface area contributed by atoms with Crippen molar-refractivity contribution in [1.82, 2.24) is 9.47 Å². The number of hydrogen-bond donors (Lipinski definition) is 0. The molecule has 1 aliphatic rings. The third-order valence-electron chi connectivity index (χ3n) is 6.53. The molecule has 0 atom stereocenters. The van der Waals surface area contributed by atoms with Crippen molar-refractivity contribution in [3.63, 3.8) is 0 Å². The van der Waals surface area contributed by atoms with Gasteiger partial charge in [-0.05, 0) is 55.5 Å². The van der Waals surface area contributed by atoms with Gasteiger partial charge in [0.1, 0.15) is 5.00 Å². The van der Waals surface area contributed by atoms with Gasteiger partial charge in [0.25, 0.3) is 5.91 Å². The van der Waals surface area contributed by atoms with Crippen LogP contribution in [0.5, 0.6) is 0 Å². The van der Waals surface area contributed by atoms with Gasteiger partial charge in [-0.2, -0.15) is 0 Å². The Hall–Kier alpha value is -2.86. The molecule has 0 unspecified atom stereocenters. The lowest BCUT2D eigenvalue weighted by atomic mass is 10.0. The molecule has 1 aliphatic heterocycles. The van der Waals surface area contributed by atoms with E-state index in [9.17, 15) is 9.59 Å². The summed E-state index contributed by atoms with van der Waals surface area (Å²) in [6.45, 7) is 8.18. The van der Waals surface area contributed by atoms with Gasteiger partial charge in [0, 0.05) is 49.0 Å². The van der Waals surface area contributed by atoms with Crippen LogP contribution in [0.15, 0.2) is 54.9 Å². The zero-order valence-corrected chi connectivity index (χ0v) is 22.0. The summed E-state index contributed by atoms with van der Waals surface area (Å²) >= 11 is 1.65. The lowest BCUT2D eigenvalue weighted by Crippen LogP contribution is -2.36. The monoisotopic (exact) mass is 491 g/mol. The van der Waals surface area contributed by atoms with Crippen LogP contribution in [-0.2, 0) is 11.3 Å². The summed E-state index contributed by atoms with van der Waals surface area (Å²) in [5, 5.41) is 0.964. The van der Waals surface area contributed by atoms with Gasteiger partial charge < -0.3 is 14.4 Å². The van der Waals surface area contributed by atoms with Gasteiger partial charge in [-0.15, -0.1) is 11.3 Å². The van der Waals surface area contributed by atoms with E-state index in [2.05, 4.69) is 26.8 Å². The molecule has 186 valence electrons. The molecular weight excluding hydrogens is 454 g/mol. The molecule has 2 aromatic heterocycles. The Labute approximate surface area is 213 Å². The smallest absolute Gasteiger partial charge is 0.257 e. The van der Waals surface area contributed by atoms with E-state index in [4.69, 9.17) is 0 Å². The quantitative estimate of drug-likeness (QED) is 0.401. The minimum Gasteiger partial charge on any atom is -0.334 e. The molecule has 1 aromatic carbocycles. The second kappa shape index (κ2) is 11.7. The van der Waals surface area contributed by atoms with Crippen molar-refractivity contribution >= 4 is 28.8 Å². The van der Waals surface area contributed by atoms with Crippen LogP contribution < -0.4 is 4.90 Å². The summed E-state index contributed by atoms with van der Waals surface area (Å²) in [7, 11) is 0. The lowest BCUT2D eigenvalue weighted by molar-refractivity contribution is -0.119. The first-order valence-corrected chi connectivity index (χ1v) is 13.7. The first kappa shape index (κ1) is 25.2. The van der Waals surface area contributed by atoms with Crippen molar-refractivity contribution in [2.24, 2.45) is 5.92 Å². The molecule has 0 N–H and O–H groups in total. The highest BCUT2D eigenvalue weighted by Crippen LogP contribution is 2.30. The highest BCUT2D eigenvalue weighted by molar-refractivity contribution is 7.14. The number of hydrogen-bond acceptors (Lipinski definition) is 3. The predicted molar refractivity (Wildman–Crippen MR) is 144 cm³/mol. The van der Waals surface area contributed by atoms with Crippen LogP contribution in [0.25, 0.3) is 5.00 Å². The second-order valence-electron chi connectivity index (χ2n) is 9.93. The van der Waals surface area contributed by atoms with E-state index < -0.39 is 0 Å². The number of rotatable bonds is 4. The predicted octanol–water partition coefficient (Wildman–Crippen LogP) is 6.83. The van der Waals surface area contributed by atoms with Crippen molar-refractivity contribution in [2.45, 2.75) is 65.8 Å². The lowest BCUT2D eigenvalue weighted by Gasteiger charge is -2.30. The zero-order chi connectivity index (χ0) is 24.8. The maximum Gasteiger partial charge on any atom is 0.257 e. The Morgan fingerprint density at radius 2 is 1.63 bits per heavy atom. The molecule has 5 nitrogen and oxygen atoms in total. The highest BCUT2D eigenvalue weighted by Gasteiger charge is 2.25. The summed E-state index contributed by atoms with van der Waals surface area (Å²) in [5.41, 5.74) is 2.73. The van der Waals surface area contributed by atoms with Gasteiger partial charge in [-0.1, -0.05) is 51.3 Å². The Bertz CT molecular complexity index is 1130. The second-order valence-corrected chi connectivity index (χ2v) is 11.2. The average molecular weight is 492 g/mol. The minimum atomic E-state index is 0.0602. The highest BCUT2D eigenvalue weighted by atomic mass is 32.1. The molecule has 4 rings (SSSR count). The SMILES string of the molecule is Cc1cc(C(=O)N2CCCCCCCN(C(=O)CC(C)C)c3ccccc3C2)c(-n2cccc2)s1. The number of benzene rings is 1. The topological polar surface area (TPSA) is 45.6 Å². The molecule has 0 bridgehead atoms. The Morgan fingerprint density at radius 3 is 2.37 bits per heavy atom. The maximum atomic E-state index is 14.0. The standard InChI is InChI=1S/C29H37N3O2S/c1-22(2)19-27(33)32-18-10-6-4-5-9-17-31(21-24-13-7-8-14-26(24)32)28(34)25-20-23(3)35-29(25)30-15-11-12-16-30/h7-8,11-16,20,22H,4-6,9-10,17-19,21H2,1-3H3. The van der Waals surface area contributed by atoms with Crippen LogP contribution >= 0.6 is 11.3 Å². The Morgan fingerprint density at radius 1 is 0.943 bits per heavy atom. The van der Waals surface area contributed by atoms with Crippen molar-refractivity contribution in [2.75, 3.05) is 18.0 Å². The van der Waals surface area contributed by atoms with Crippen molar-refractivity contribution in [3.8, 4) is 5.00 Å². The number of carbonyl (C=O) groups is 2. The fourth-order valence-corrected chi connectivity index (χ4v) is 5.76. The van der Waals surface area contributed by atoms with Gasteiger partial charge in [-0.25, -0.2) is 0 Å². The number of aryl methyl sites for hydroxylation is 1. The summed E-state index contributed by atoms with van der Waals surface area (Å²) in [5.74, 6) is 0.541. The third kappa shape index (κ3) is 6.23. The zero-order valence-electron chi connectivity index (χ0n) is 21.2. The van der Waals surface area contributed by atoms with E-state index in [0.717, 1.165) is 65.3 Å². The minimum absolute atomic E-state index is 0.0602. The molecule has 6 heteroatoms. The van der Waals surface area contributed by atoms with Crippen LogP contribution in [-0.4, -0.2) is 34.4 Å². The van der Waals surface area contributed by atoms with E-state index in [1.807, 2.05) is 63.2 Å². The average Bonchev–Trinajstić information content (AvgIpc) is 3.48. The molecule has 3 aromatic rings. The first-order valence-electron chi connectivity index (χ1n) is 12.9. The van der Waals surface area contributed by atoms with Crippen LogP contribution in [0.4, 0.5) is 5.69 Å². The molecular formula is C29H37N3O2S. The number of fused-ring (bicyclic) bond motifs is 1. The van der Waals surface area contributed by atoms with E-state index in [0.29, 0.717) is 25.4 Å². The molecule has 0 saturated carbocycles. The fourth-order valence-electron chi connectivity index (χ4n) is 4.79. The van der Waals surface area contributed by atoms with Crippen molar-refractivity contribution < 1.29 is 9.59 Å². The molecule has 0 fully saturated rings. The number of amides is 2. The van der Waals surface area contributed by atoms with Crippen LogP contribution in [0, 0.1) is 12.8 Å². The molecule has 0 spiro atoms. The number of anilines is 1. The third-order valence-corrected chi connectivity index (χ3v) is 7.59. The Balaban J connectivity index is 1.69. The van der Waals surface area contributed by atoms with E-state index in [1.54, 1.807) is 11.3 Å². The van der Waals surface area contributed by atoms with Gasteiger partial charge >= 0.3 is 0 Å². The molecule has 35 heavy (non-hydrogen) atoms. The largest absolute Gasteiger partial charge is 0.334 e. The van der Waals surface area contributed by atoms with Crippen LogP contribution in [0.2, 0.25) is 0 Å². The van der Waals surface area contributed by atoms with Gasteiger partial charge in [0.05, 0.1) is 5.56 Å². The molecule has 0 aliphatic carbocycles. The first-order chi connectivity index (χ1) is 16.9. The molecule has 2 amide bonds. The van der Waals surface area contributed by atoms with Gasteiger partial charge in [0.2, 0.25) is 5.91 Å². The van der Waals surface area contributed by atoms with Crippen LogP contribution in [0.3, 0.4) is 0 Å². The van der Waals surface area contributed by atoms with Gasteiger partial charge in [0.15, 0.2) is 0 Å². The number of nitrogens with zero attached hydrogens (tertiary/aromatic N) is 3. The number of thiophene rings is 1. The Kier molecular flexibility index (Phi) is 8.45. The number of para-hydroxylation sites is 1. The maximum absolute atomic E-state index is 14.0. The molecule has 3 heterocycles. The summed E-state index contributed by atoms with van der Waals surface area (Å²) in [6.07, 6.45) is 9.84. The van der Waals surface area contributed by atoms with E-state index >= 15 is 0 Å². The summed E-state index contributed by atoms with van der Waals surface area (Å²) in [6, 6.07) is 14.1. The van der Waals surface area contributed by atoms with Crippen molar-refractivity contribution in [3.05, 3.63) is 70.9 Å². The van der Waals surface area contributed by atoms with Crippen molar-refractivity contribution in [1.29, 1.82) is 0 Å². The van der Waals surface area contributed by atoms with Crippen LogP contribution in [0.1, 0.15) is 73.2 Å². The fraction of sp³-hybridized carbons (Fsp3) is 0.448. The normalized spacial score (nSPS) is 15.4. The summed E-state index contributed by atoms with van der Waals surface area (Å²) < 4.78 is 2.03. The summed E-state index contributed by atoms with van der Waals surface area (Å²) in [4.78, 5) is 32.3. The molecule has 0 saturated heterocycles. The van der Waals surface area contributed by atoms with E-state index in [1.165, 1.54) is 0 Å². The number of carbonyl (C=O) groups excluding carboxylic acids is 2. The van der Waals surface area contributed by atoms with E-state index in [-0.39, 0.29) is 11.8 Å². The molecule has 0 radical (unpaired) electrons.